The molecule has 0 bridgehead atoms. The van der Waals surface area contributed by atoms with Crippen molar-refractivity contribution in [2.24, 2.45) is 5.92 Å². The molecule has 0 spiro atoms. The summed E-state index contributed by atoms with van der Waals surface area (Å²) in [5, 5.41) is 0.779. The van der Waals surface area contributed by atoms with Crippen LogP contribution in [0.15, 0.2) is 33.0 Å². The first kappa shape index (κ1) is 25.9. The average molecular weight is 592 g/mol. The van der Waals surface area contributed by atoms with Crippen molar-refractivity contribution in [2.75, 3.05) is 25.6 Å². The number of benzene rings is 1. The first-order valence-electron chi connectivity index (χ1n) is 12.4. The van der Waals surface area contributed by atoms with Crippen molar-refractivity contribution >= 4 is 50.8 Å². The first-order chi connectivity index (χ1) is 17.7. The summed E-state index contributed by atoms with van der Waals surface area (Å²) < 4.78 is 19.6. The number of nitrogens with two attached hydrogens (primary N) is 1. The minimum Gasteiger partial charge on any atom is -0.454 e. The molecule has 3 aromatic rings. The third kappa shape index (κ3) is 5.90. The predicted octanol–water partition coefficient (Wildman–Crippen LogP) is 5.48. The standard InChI is InChI=1S/C25H31BrN6O4S/c1-25(2,3)36-24(33)31-8-4-6-15(12-31)7-5-9-32-22-20(21(27)28-13-29-22)30-23(32)37-19-11-18-17(10-16(19)26)34-14-35-18/h10-11,13,15H,4-9,12,14H2,1-3H3,(H2,27,28,29). The Morgan fingerprint density at radius 1 is 1.27 bits per heavy atom. The molecular weight excluding hydrogens is 560 g/mol. The fourth-order valence-electron chi connectivity index (χ4n) is 4.62. The molecule has 37 heavy (non-hydrogen) atoms. The molecule has 0 radical (unpaired) electrons. The van der Waals surface area contributed by atoms with Gasteiger partial charge in [-0.2, -0.15) is 0 Å². The number of nitrogens with zero attached hydrogens (tertiary/aromatic N) is 5. The van der Waals surface area contributed by atoms with Crippen molar-refractivity contribution in [1.29, 1.82) is 0 Å². The summed E-state index contributed by atoms with van der Waals surface area (Å²) in [6.07, 6.45) is 5.24. The van der Waals surface area contributed by atoms with E-state index >= 15 is 0 Å². The Hall–Kier alpha value is -2.73. The number of rotatable bonds is 6. The van der Waals surface area contributed by atoms with Gasteiger partial charge < -0.3 is 29.4 Å². The number of fused-ring (bicyclic) bond motifs is 2. The molecular formula is C25H31BrN6O4S. The van der Waals surface area contributed by atoms with Gasteiger partial charge in [-0.1, -0.05) is 11.8 Å². The summed E-state index contributed by atoms with van der Waals surface area (Å²) in [7, 11) is 0. The lowest BCUT2D eigenvalue weighted by Gasteiger charge is -2.34. The molecule has 1 amide bonds. The van der Waals surface area contributed by atoms with Crippen LogP contribution in [0.2, 0.25) is 0 Å². The number of likely N-dealkylation sites (tertiary alicyclic amines) is 1. The van der Waals surface area contributed by atoms with Gasteiger partial charge in [0.25, 0.3) is 0 Å². The van der Waals surface area contributed by atoms with Crippen LogP contribution in [0.1, 0.15) is 46.5 Å². The Bertz CT molecular complexity index is 1310. The third-order valence-electron chi connectivity index (χ3n) is 6.32. The van der Waals surface area contributed by atoms with Crippen LogP contribution < -0.4 is 15.2 Å². The fourth-order valence-corrected chi connectivity index (χ4v) is 6.13. The molecule has 2 aliphatic rings. The van der Waals surface area contributed by atoms with Crippen LogP contribution in [0.4, 0.5) is 10.6 Å². The van der Waals surface area contributed by atoms with Gasteiger partial charge in [-0.15, -0.1) is 0 Å². The van der Waals surface area contributed by atoms with E-state index < -0.39 is 5.60 Å². The molecule has 1 unspecified atom stereocenters. The zero-order chi connectivity index (χ0) is 26.2. The molecule has 4 heterocycles. The van der Waals surface area contributed by atoms with Gasteiger partial charge >= 0.3 is 6.09 Å². The van der Waals surface area contributed by atoms with Crippen molar-refractivity contribution in [1.82, 2.24) is 24.4 Å². The summed E-state index contributed by atoms with van der Waals surface area (Å²) in [5.74, 6) is 2.21. The Kier molecular flexibility index (Phi) is 7.39. The van der Waals surface area contributed by atoms with Crippen molar-refractivity contribution in [3.63, 3.8) is 0 Å². The Morgan fingerprint density at radius 2 is 2.05 bits per heavy atom. The van der Waals surface area contributed by atoms with E-state index in [1.807, 2.05) is 37.8 Å². The van der Waals surface area contributed by atoms with Crippen molar-refractivity contribution in [3.8, 4) is 11.5 Å². The zero-order valence-electron chi connectivity index (χ0n) is 21.2. The number of aryl methyl sites for hydroxylation is 1. The highest BCUT2D eigenvalue weighted by Crippen LogP contribution is 2.43. The molecule has 2 aromatic heterocycles. The first-order valence-corrected chi connectivity index (χ1v) is 14.0. The summed E-state index contributed by atoms with van der Waals surface area (Å²) in [5.41, 5.74) is 6.96. The van der Waals surface area contributed by atoms with Gasteiger partial charge in [-0.25, -0.2) is 19.7 Å². The highest BCUT2D eigenvalue weighted by atomic mass is 79.9. The average Bonchev–Trinajstić information content (AvgIpc) is 3.43. The van der Waals surface area contributed by atoms with E-state index in [0.717, 1.165) is 59.8 Å². The number of imidazole rings is 1. The quantitative estimate of drug-likeness (QED) is 0.398. The van der Waals surface area contributed by atoms with Crippen LogP contribution in [0.5, 0.6) is 11.5 Å². The maximum absolute atomic E-state index is 12.6. The smallest absolute Gasteiger partial charge is 0.410 e. The Balaban J connectivity index is 1.30. The molecule has 198 valence electrons. The highest BCUT2D eigenvalue weighted by Gasteiger charge is 2.28. The Labute approximate surface area is 228 Å². The van der Waals surface area contributed by atoms with E-state index in [9.17, 15) is 4.79 Å². The van der Waals surface area contributed by atoms with E-state index in [-0.39, 0.29) is 12.9 Å². The molecule has 2 N–H and O–H groups in total. The minimum absolute atomic E-state index is 0.215. The number of amides is 1. The Morgan fingerprint density at radius 3 is 2.84 bits per heavy atom. The highest BCUT2D eigenvalue weighted by molar-refractivity contribution is 9.10. The number of carbonyl (C=O) groups excluding carboxylic acids is 1. The summed E-state index contributed by atoms with van der Waals surface area (Å²) >= 11 is 5.16. The number of piperidine rings is 1. The van der Waals surface area contributed by atoms with Crippen molar-refractivity contribution < 1.29 is 19.0 Å². The number of aromatic nitrogens is 4. The lowest BCUT2D eigenvalue weighted by Crippen LogP contribution is -2.42. The van der Waals surface area contributed by atoms with E-state index in [2.05, 4.69) is 30.5 Å². The van der Waals surface area contributed by atoms with Gasteiger partial charge in [0.05, 0.1) is 0 Å². The SMILES string of the molecule is CC(C)(C)OC(=O)N1CCCC(CCCn2c(Sc3cc4c(cc3Br)OCO4)nc3c(N)ncnc32)C1. The predicted molar refractivity (Wildman–Crippen MR) is 144 cm³/mol. The normalized spacial score (nSPS) is 17.4. The van der Waals surface area contributed by atoms with Crippen LogP contribution in [-0.4, -0.2) is 56.0 Å². The minimum atomic E-state index is -0.489. The molecule has 12 heteroatoms. The molecule has 0 saturated carbocycles. The number of hydrogen-bond acceptors (Lipinski definition) is 9. The zero-order valence-corrected chi connectivity index (χ0v) is 23.6. The number of ether oxygens (including phenoxy) is 3. The van der Waals surface area contributed by atoms with Crippen LogP contribution in [0, 0.1) is 5.92 Å². The van der Waals surface area contributed by atoms with Crippen molar-refractivity contribution in [2.45, 2.75) is 68.7 Å². The molecule has 1 fully saturated rings. The second-order valence-corrected chi connectivity index (χ2v) is 12.2. The number of halogens is 1. The lowest BCUT2D eigenvalue weighted by atomic mass is 9.93. The van der Waals surface area contributed by atoms with Gasteiger partial charge in [0, 0.05) is 29.0 Å². The van der Waals surface area contributed by atoms with Gasteiger partial charge in [0.2, 0.25) is 6.79 Å². The molecule has 5 rings (SSSR count). The second kappa shape index (κ2) is 10.6. The summed E-state index contributed by atoms with van der Waals surface area (Å²) in [6, 6.07) is 3.86. The van der Waals surface area contributed by atoms with E-state index in [1.165, 1.54) is 18.1 Å². The van der Waals surface area contributed by atoms with Crippen LogP contribution in [0.3, 0.4) is 0 Å². The van der Waals surface area contributed by atoms with Crippen LogP contribution in [0.25, 0.3) is 11.2 Å². The van der Waals surface area contributed by atoms with E-state index in [1.54, 1.807) is 0 Å². The second-order valence-electron chi connectivity index (χ2n) is 10.3. The van der Waals surface area contributed by atoms with Gasteiger partial charge in [-0.05, 0) is 80.4 Å². The van der Waals surface area contributed by atoms with Gasteiger partial charge in [0.15, 0.2) is 33.6 Å². The number of carbonyl (C=O) groups is 1. The summed E-state index contributed by atoms with van der Waals surface area (Å²) in [4.78, 5) is 28.8. The molecule has 0 aliphatic carbocycles. The van der Waals surface area contributed by atoms with E-state index in [0.29, 0.717) is 34.4 Å². The molecule has 2 aliphatic heterocycles. The topological polar surface area (TPSA) is 118 Å². The van der Waals surface area contributed by atoms with Crippen LogP contribution in [-0.2, 0) is 11.3 Å². The molecule has 1 atom stereocenters. The number of anilines is 1. The van der Waals surface area contributed by atoms with E-state index in [4.69, 9.17) is 24.9 Å². The largest absolute Gasteiger partial charge is 0.454 e. The molecule has 1 saturated heterocycles. The maximum atomic E-state index is 12.6. The number of nitrogen functional groups attached to an aromatic ring is 1. The maximum Gasteiger partial charge on any atom is 0.410 e. The fraction of sp³-hybridized carbons (Fsp3) is 0.520. The van der Waals surface area contributed by atoms with Crippen LogP contribution >= 0.6 is 27.7 Å². The van der Waals surface area contributed by atoms with Gasteiger partial charge in [0.1, 0.15) is 11.9 Å². The molecule has 10 nitrogen and oxygen atoms in total. The lowest BCUT2D eigenvalue weighted by molar-refractivity contribution is 0.0160. The summed E-state index contributed by atoms with van der Waals surface area (Å²) in [6.45, 7) is 8.11. The molecule has 1 aromatic carbocycles. The third-order valence-corrected chi connectivity index (χ3v) is 8.29. The number of hydrogen-bond donors (Lipinski definition) is 1. The van der Waals surface area contributed by atoms with Gasteiger partial charge in [-0.3, -0.25) is 0 Å². The van der Waals surface area contributed by atoms with Crippen molar-refractivity contribution in [3.05, 3.63) is 22.9 Å². The monoisotopic (exact) mass is 590 g/mol.